The van der Waals surface area contributed by atoms with Crippen LogP contribution in [0.25, 0.3) is 11.3 Å². The zero-order valence-electron chi connectivity index (χ0n) is 15.2. The molecule has 0 fully saturated rings. The van der Waals surface area contributed by atoms with E-state index in [1.54, 1.807) is 24.1 Å². The van der Waals surface area contributed by atoms with Gasteiger partial charge in [-0.25, -0.2) is 0 Å². The molecule has 0 aliphatic heterocycles. The zero-order valence-corrected chi connectivity index (χ0v) is 15.2. The molecule has 0 saturated heterocycles. The van der Waals surface area contributed by atoms with Crippen molar-refractivity contribution in [3.8, 4) is 11.3 Å². The fourth-order valence-corrected chi connectivity index (χ4v) is 2.72. The Morgan fingerprint density at radius 1 is 1.23 bits per heavy atom. The van der Waals surface area contributed by atoms with Crippen molar-refractivity contribution in [2.45, 2.75) is 20.4 Å². The van der Waals surface area contributed by atoms with Gasteiger partial charge in [0.1, 0.15) is 5.69 Å². The van der Waals surface area contributed by atoms with Gasteiger partial charge in [-0.15, -0.1) is 0 Å². The number of aryl methyl sites for hydroxylation is 2. The van der Waals surface area contributed by atoms with E-state index in [-0.39, 0.29) is 5.91 Å². The second-order valence-corrected chi connectivity index (χ2v) is 6.20. The van der Waals surface area contributed by atoms with E-state index in [9.17, 15) is 4.79 Å². The van der Waals surface area contributed by atoms with Crippen LogP contribution in [0.15, 0.2) is 51.6 Å². The lowest BCUT2D eigenvalue weighted by Gasteiger charge is -2.19. The first-order valence-corrected chi connectivity index (χ1v) is 8.43. The summed E-state index contributed by atoms with van der Waals surface area (Å²) in [7, 11) is 1.60. The molecule has 0 aliphatic carbocycles. The Bertz CT molecular complexity index is 868. The lowest BCUT2D eigenvalue weighted by atomic mass is 10.0. The third-order valence-corrected chi connectivity index (χ3v) is 4.15. The molecule has 6 heteroatoms. The van der Waals surface area contributed by atoms with Gasteiger partial charge in [0.25, 0.3) is 5.91 Å². The summed E-state index contributed by atoms with van der Waals surface area (Å²) < 4.78 is 15.9. The quantitative estimate of drug-likeness (QED) is 0.645. The van der Waals surface area contributed by atoms with Crippen LogP contribution in [0, 0.1) is 13.8 Å². The molecular formula is C20H22N2O4. The van der Waals surface area contributed by atoms with Gasteiger partial charge in [0.15, 0.2) is 11.5 Å². The van der Waals surface area contributed by atoms with Gasteiger partial charge in [-0.3, -0.25) is 4.79 Å². The minimum Gasteiger partial charge on any atom is -0.459 e. The molecule has 1 amide bonds. The topological polar surface area (TPSA) is 68.7 Å². The number of carbonyl (C=O) groups is 1. The minimum absolute atomic E-state index is 0.205. The number of methoxy groups -OCH3 is 1. The molecule has 2 aromatic heterocycles. The maximum atomic E-state index is 12.6. The molecule has 0 bridgehead atoms. The highest BCUT2D eigenvalue weighted by Gasteiger charge is 2.20. The van der Waals surface area contributed by atoms with Gasteiger partial charge in [-0.05, 0) is 37.6 Å². The number of benzene rings is 1. The van der Waals surface area contributed by atoms with E-state index in [2.05, 4.69) is 23.4 Å². The van der Waals surface area contributed by atoms with E-state index < -0.39 is 0 Å². The van der Waals surface area contributed by atoms with Crippen molar-refractivity contribution in [2.24, 2.45) is 0 Å². The predicted molar refractivity (Wildman–Crippen MR) is 96.7 cm³/mol. The van der Waals surface area contributed by atoms with Crippen molar-refractivity contribution in [3.05, 3.63) is 65.2 Å². The number of carbonyl (C=O) groups excluding carboxylic acids is 1. The van der Waals surface area contributed by atoms with Crippen LogP contribution < -0.4 is 0 Å². The fourth-order valence-electron chi connectivity index (χ4n) is 2.72. The van der Waals surface area contributed by atoms with Crippen molar-refractivity contribution >= 4 is 5.91 Å². The molecule has 0 N–H and O–H groups in total. The van der Waals surface area contributed by atoms with E-state index in [0.717, 1.165) is 16.7 Å². The van der Waals surface area contributed by atoms with Gasteiger partial charge in [0, 0.05) is 25.3 Å². The number of aromatic nitrogens is 1. The van der Waals surface area contributed by atoms with Crippen molar-refractivity contribution in [1.29, 1.82) is 0 Å². The summed E-state index contributed by atoms with van der Waals surface area (Å²) in [5.74, 6) is 0.779. The fraction of sp³-hybridized carbons (Fsp3) is 0.300. The number of ether oxygens (including phenoxy) is 1. The smallest absolute Gasteiger partial charge is 0.289 e. The lowest BCUT2D eigenvalue weighted by Crippen LogP contribution is -2.33. The van der Waals surface area contributed by atoms with Crippen LogP contribution in [-0.2, 0) is 11.3 Å². The first-order valence-electron chi connectivity index (χ1n) is 8.43. The van der Waals surface area contributed by atoms with E-state index >= 15 is 0 Å². The summed E-state index contributed by atoms with van der Waals surface area (Å²) in [5, 5.41) is 4.13. The summed E-state index contributed by atoms with van der Waals surface area (Å²) in [5.41, 5.74) is 3.95. The first-order chi connectivity index (χ1) is 12.6. The second kappa shape index (κ2) is 8.01. The lowest BCUT2D eigenvalue weighted by molar-refractivity contribution is 0.0645. The SMILES string of the molecule is COCCN(Cc1cc(-c2cc(C)ccc2C)on1)C(=O)c1ccco1. The average Bonchev–Trinajstić information content (AvgIpc) is 3.32. The molecular weight excluding hydrogens is 332 g/mol. The second-order valence-electron chi connectivity index (χ2n) is 6.20. The monoisotopic (exact) mass is 354 g/mol. The molecule has 0 unspecified atom stereocenters. The number of hydrogen-bond donors (Lipinski definition) is 0. The Labute approximate surface area is 152 Å². The molecule has 0 radical (unpaired) electrons. The van der Waals surface area contributed by atoms with Crippen LogP contribution in [0.5, 0.6) is 0 Å². The van der Waals surface area contributed by atoms with Gasteiger partial charge in [-0.2, -0.15) is 0 Å². The molecule has 26 heavy (non-hydrogen) atoms. The number of nitrogens with zero attached hydrogens (tertiary/aromatic N) is 2. The molecule has 2 heterocycles. The van der Waals surface area contributed by atoms with E-state index in [4.69, 9.17) is 13.7 Å². The van der Waals surface area contributed by atoms with E-state index in [1.165, 1.54) is 6.26 Å². The van der Waals surface area contributed by atoms with Crippen LogP contribution >= 0.6 is 0 Å². The molecule has 3 aromatic rings. The normalized spacial score (nSPS) is 10.9. The van der Waals surface area contributed by atoms with E-state index in [0.29, 0.717) is 36.9 Å². The number of hydrogen-bond acceptors (Lipinski definition) is 5. The maximum absolute atomic E-state index is 12.6. The highest BCUT2D eigenvalue weighted by atomic mass is 16.5. The van der Waals surface area contributed by atoms with Gasteiger partial charge in [0.2, 0.25) is 0 Å². The molecule has 3 rings (SSSR count). The molecule has 0 atom stereocenters. The van der Waals surface area contributed by atoms with Crippen LogP contribution in [0.3, 0.4) is 0 Å². The third kappa shape index (κ3) is 4.03. The van der Waals surface area contributed by atoms with Crippen LogP contribution in [0.2, 0.25) is 0 Å². The van der Waals surface area contributed by atoms with Crippen LogP contribution in [-0.4, -0.2) is 36.2 Å². The highest BCUT2D eigenvalue weighted by molar-refractivity contribution is 5.91. The standard InChI is InChI=1S/C20H22N2O4/c1-14-6-7-15(2)17(11-14)19-12-16(21-26-19)13-22(8-10-24-3)20(23)18-5-4-9-25-18/h4-7,9,11-12H,8,10,13H2,1-3H3. The third-order valence-electron chi connectivity index (χ3n) is 4.15. The van der Waals surface area contributed by atoms with Gasteiger partial charge < -0.3 is 18.6 Å². The van der Waals surface area contributed by atoms with Gasteiger partial charge >= 0.3 is 0 Å². The van der Waals surface area contributed by atoms with Gasteiger partial charge in [0.05, 0.1) is 19.4 Å². The molecule has 6 nitrogen and oxygen atoms in total. The highest BCUT2D eigenvalue weighted by Crippen LogP contribution is 2.25. The summed E-state index contributed by atoms with van der Waals surface area (Å²) in [6, 6.07) is 11.4. The maximum Gasteiger partial charge on any atom is 0.289 e. The van der Waals surface area contributed by atoms with E-state index in [1.807, 2.05) is 19.9 Å². The molecule has 0 aliphatic rings. The van der Waals surface area contributed by atoms with Crippen molar-refractivity contribution in [1.82, 2.24) is 10.1 Å². The van der Waals surface area contributed by atoms with Crippen molar-refractivity contribution < 1.29 is 18.5 Å². The minimum atomic E-state index is -0.205. The Balaban J connectivity index is 1.80. The summed E-state index contributed by atoms with van der Waals surface area (Å²) >= 11 is 0. The summed E-state index contributed by atoms with van der Waals surface area (Å²) in [6.07, 6.45) is 1.48. The molecule has 136 valence electrons. The number of furan rings is 1. The Hall–Kier alpha value is -2.86. The largest absolute Gasteiger partial charge is 0.459 e. The molecule has 1 aromatic carbocycles. The van der Waals surface area contributed by atoms with Crippen LogP contribution in [0.4, 0.5) is 0 Å². The Morgan fingerprint density at radius 3 is 2.81 bits per heavy atom. The van der Waals surface area contributed by atoms with Crippen molar-refractivity contribution in [3.63, 3.8) is 0 Å². The van der Waals surface area contributed by atoms with Crippen molar-refractivity contribution in [2.75, 3.05) is 20.3 Å². The summed E-state index contributed by atoms with van der Waals surface area (Å²) in [6.45, 7) is 5.24. The number of rotatable bonds is 7. The van der Waals surface area contributed by atoms with Crippen LogP contribution in [0.1, 0.15) is 27.4 Å². The first kappa shape index (κ1) is 17.9. The molecule has 0 spiro atoms. The molecule has 0 saturated carbocycles. The zero-order chi connectivity index (χ0) is 18.5. The van der Waals surface area contributed by atoms with Gasteiger partial charge in [-0.1, -0.05) is 22.9 Å². The Kier molecular flexibility index (Phi) is 5.53. The summed E-state index contributed by atoms with van der Waals surface area (Å²) in [4.78, 5) is 14.2. The number of amides is 1. The predicted octanol–water partition coefficient (Wildman–Crippen LogP) is 3.84. The Morgan fingerprint density at radius 2 is 2.08 bits per heavy atom. The average molecular weight is 354 g/mol.